The lowest BCUT2D eigenvalue weighted by Crippen LogP contribution is -2.41. The van der Waals surface area contributed by atoms with Crippen molar-refractivity contribution in [2.24, 2.45) is 0 Å². The van der Waals surface area contributed by atoms with Gasteiger partial charge in [0.25, 0.3) is 0 Å². The fourth-order valence-corrected chi connectivity index (χ4v) is 3.24. The standard InChI is InChI=1S/C14H21NO6S/c1-6-21-14(16)10(2)15(3)22(17,18)13-9-11(19-4)7-8-12(13)20-5/h7-10H,6H2,1-5H3. The van der Waals surface area contributed by atoms with Gasteiger partial charge in [-0.1, -0.05) is 0 Å². The molecule has 22 heavy (non-hydrogen) atoms. The van der Waals surface area contributed by atoms with Crippen molar-refractivity contribution in [3.05, 3.63) is 18.2 Å². The molecule has 8 heteroatoms. The maximum Gasteiger partial charge on any atom is 0.324 e. The second kappa shape index (κ2) is 7.46. The highest BCUT2D eigenvalue weighted by Crippen LogP contribution is 2.30. The van der Waals surface area contributed by atoms with Crippen LogP contribution in [0.25, 0.3) is 0 Å². The fraction of sp³-hybridized carbons (Fsp3) is 0.500. The van der Waals surface area contributed by atoms with E-state index in [-0.39, 0.29) is 17.3 Å². The number of benzene rings is 1. The largest absolute Gasteiger partial charge is 0.497 e. The molecule has 0 aliphatic carbocycles. The van der Waals surface area contributed by atoms with E-state index in [1.54, 1.807) is 13.0 Å². The summed E-state index contributed by atoms with van der Waals surface area (Å²) in [6.45, 7) is 3.30. The van der Waals surface area contributed by atoms with Gasteiger partial charge < -0.3 is 14.2 Å². The maximum atomic E-state index is 12.7. The average Bonchev–Trinajstić information content (AvgIpc) is 2.52. The molecule has 0 radical (unpaired) electrons. The Labute approximate surface area is 130 Å². The van der Waals surface area contributed by atoms with Crippen LogP contribution >= 0.6 is 0 Å². The molecule has 0 spiro atoms. The summed E-state index contributed by atoms with van der Waals surface area (Å²) in [5.74, 6) is -0.0734. The number of likely N-dealkylation sites (N-methyl/N-ethyl adjacent to an activating group) is 1. The molecule has 1 unspecified atom stereocenters. The Morgan fingerprint density at radius 3 is 2.41 bits per heavy atom. The van der Waals surface area contributed by atoms with Crippen LogP contribution in [0.5, 0.6) is 11.5 Å². The first-order chi connectivity index (χ1) is 10.3. The molecular weight excluding hydrogens is 310 g/mol. The molecule has 0 N–H and O–H groups in total. The van der Waals surface area contributed by atoms with Crippen LogP contribution in [0.1, 0.15) is 13.8 Å². The highest BCUT2D eigenvalue weighted by Gasteiger charge is 2.32. The van der Waals surface area contributed by atoms with Crippen LogP contribution in [0.3, 0.4) is 0 Å². The number of hydrogen-bond acceptors (Lipinski definition) is 6. The third-order valence-corrected chi connectivity index (χ3v) is 5.15. The van der Waals surface area contributed by atoms with E-state index in [0.717, 1.165) is 4.31 Å². The molecule has 0 saturated carbocycles. The molecular formula is C14H21NO6S. The van der Waals surface area contributed by atoms with Crippen molar-refractivity contribution in [2.75, 3.05) is 27.9 Å². The minimum atomic E-state index is -3.95. The van der Waals surface area contributed by atoms with Gasteiger partial charge in [-0.25, -0.2) is 8.42 Å². The summed E-state index contributed by atoms with van der Waals surface area (Å²) in [6, 6.07) is 3.48. The topological polar surface area (TPSA) is 82.1 Å². The van der Waals surface area contributed by atoms with E-state index in [0.29, 0.717) is 5.75 Å². The highest BCUT2D eigenvalue weighted by molar-refractivity contribution is 7.89. The Balaban J connectivity index is 3.25. The predicted molar refractivity (Wildman–Crippen MR) is 80.6 cm³/mol. The number of methoxy groups -OCH3 is 2. The van der Waals surface area contributed by atoms with Crippen LogP contribution in [0.15, 0.2) is 23.1 Å². The normalized spacial score (nSPS) is 12.8. The smallest absolute Gasteiger partial charge is 0.324 e. The summed E-state index contributed by atoms with van der Waals surface area (Å²) in [4.78, 5) is 11.7. The lowest BCUT2D eigenvalue weighted by molar-refractivity contribution is -0.146. The Kier molecular flexibility index (Phi) is 6.19. The quantitative estimate of drug-likeness (QED) is 0.700. The highest BCUT2D eigenvalue weighted by atomic mass is 32.2. The van der Waals surface area contributed by atoms with Crippen molar-refractivity contribution >= 4 is 16.0 Å². The monoisotopic (exact) mass is 331 g/mol. The first kappa shape index (κ1) is 18.2. The number of carbonyl (C=O) groups excluding carboxylic acids is 1. The number of carbonyl (C=O) groups is 1. The summed E-state index contributed by atoms with van der Waals surface area (Å²) in [7, 11) is 0.170. The van der Waals surface area contributed by atoms with Crippen molar-refractivity contribution in [3.8, 4) is 11.5 Å². The summed E-state index contributed by atoms with van der Waals surface area (Å²) < 4.78 is 41.4. The lowest BCUT2D eigenvalue weighted by Gasteiger charge is -2.23. The van der Waals surface area contributed by atoms with Gasteiger partial charge in [0.05, 0.1) is 20.8 Å². The van der Waals surface area contributed by atoms with E-state index in [1.165, 1.54) is 40.3 Å². The van der Waals surface area contributed by atoms with E-state index < -0.39 is 22.0 Å². The van der Waals surface area contributed by atoms with Crippen molar-refractivity contribution in [1.82, 2.24) is 4.31 Å². The van der Waals surface area contributed by atoms with Crippen LogP contribution < -0.4 is 9.47 Å². The molecule has 0 bridgehead atoms. The number of nitrogens with zero attached hydrogens (tertiary/aromatic N) is 1. The average molecular weight is 331 g/mol. The Hall–Kier alpha value is -1.80. The number of sulfonamides is 1. The van der Waals surface area contributed by atoms with E-state index in [2.05, 4.69) is 0 Å². The van der Waals surface area contributed by atoms with Gasteiger partial charge in [-0.15, -0.1) is 0 Å². The van der Waals surface area contributed by atoms with Gasteiger partial charge in [-0.3, -0.25) is 4.79 Å². The first-order valence-corrected chi connectivity index (χ1v) is 8.10. The zero-order valence-electron chi connectivity index (χ0n) is 13.3. The molecule has 1 atom stereocenters. The van der Waals surface area contributed by atoms with E-state index in [4.69, 9.17) is 14.2 Å². The third kappa shape index (κ3) is 3.69. The molecule has 0 aliphatic rings. The molecule has 0 amide bonds. The zero-order valence-corrected chi connectivity index (χ0v) is 14.1. The Morgan fingerprint density at radius 1 is 1.27 bits per heavy atom. The van der Waals surface area contributed by atoms with Crippen molar-refractivity contribution in [1.29, 1.82) is 0 Å². The van der Waals surface area contributed by atoms with Gasteiger partial charge in [0, 0.05) is 13.1 Å². The molecule has 1 aromatic carbocycles. The second-order valence-electron chi connectivity index (χ2n) is 4.47. The number of rotatable bonds is 7. The summed E-state index contributed by atoms with van der Waals surface area (Å²) in [5.41, 5.74) is 0. The lowest BCUT2D eigenvalue weighted by atomic mass is 10.3. The second-order valence-corrected chi connectivity index (χ2v) is 6.43. The minimum absolute atomic E-state index is 0.0759. The molecule has 0 fully saturated rings. The van der Waals surface area contributed by atoms with Gasteiger partial charge in [-0.2, -0.15) is 4.31 Å². The number of esters is 1. The molecule has 0 aliphatic heterocycles. The van der Waals surface area contributed by atoms with Crippen molar-refractivity contribution in [3.63, 3.8) is 0 Å². The first-order valence-electron chi connectivity index (χ1n) is 6.66. The molecule has 1 rings (SSSR count). The van der Waals surface area contributed by atoms with E-state index >= 15 is 0 Å². The van der Waals surface area contributed by atoms with Gasteiger partial charge >= 0.3 is 5.97 Å². The maximum absolute atomic E-state index is 12.7. The predicted octanol–water partition coefficient (Wildman–Crippen LogP) is 1.28. The van der Waals surface area contributed by atoms with E-state index in [9.17, 15) is 13.2 Å². The van der Waals surface area contributed by atoms with Gasteiger partial charge in [0.15, 0.2) is 0 Å². The molecule has 1 aromatic rings. The molecule has 0 saturated heterocycles. The van der Waals surface area contributed by atoms with Crippen molar-refractivity contribution in [2.45, 2.75) is 24.8 Å². The van der Waals surface area contributed by atoms with E-state index in [1.807, 2.05) is 0 Å². The van der Waals surface area contributed by atoms with Gasteiger partial charge in [-0.05, 0) is 26.0 Å². The Morgan fingerprint density at radius 2 is 1.91 bits per heavy atom. The third-order valence-electron chi connectivity index (χ3n) is 3.20. The SMILES string of the molecule is CCOC(=O)C(C)N(C)S(=O)(=O)c1cc(OC)ccc1OC. The molecule has 0 heterocycles. The van der Waals surface area contributed by atoms with Gasteiger partial charge in [0.2, 0.25) is 10.0 Å². The van der Waals surface area contributed by atoms with Crippen LogP contribution in [0.4, 0.5) is 0 Å². The van der Waals surface area contributed by atoms with Gasteiger partial charge in [0.1, 0.15) is 22.4 Å². The summed E-state index contributed by atoms with van der Waals surface area (Å²) in [5, 5.41) is 0. The molecule has 7 nitrogen and oxygen atoms in total. The van der Waals surface area contributed by atoms with Crippen LogP contribution in [0, 0.1) is 0 Å². The van der Waals surface area contributed by atoms with Crippen LogP contribution in [-0.4, -0.2) is 52.6 Å². The summed E-state index contributed by atoms with van der Waals surface area (Å²) >= 11 is 0. The molecule has 0 aromatic heterocycles. The summed E-state index contributed by atoms with van der Waals surface area (Å²) in [6.07, 6.45) is 0. The van der Waals surface area contributed by atoms with Crippen molar-refractivity contribution < 1.29 is 27.4 Å². The molecule has 124 valence electrons. The van der Waals surface area contributed by atoms with Crippen LogP contribution in [-0.2, 0) is 19.6 Å². The number of hydrogen-bond donors (Lipinski definition) is 0. The van der Waals surface area contributed by atoms with Crippen LogP contribution in [0.2, 0.25) is 0 Å². The zero-order chi connectivity index (χ0) is 16.9. The minimum Gasteiger partial charge on any atom is -0.497 e. The fourth-order valence-electron chi connectivity index (χ4n) is 1.76. The Bertz CT molecular complexity index is 628. The number of ether oxygens (including phenoxy) is 3.